The Bertz CT molecular complexity index is 517. The Labute approximate surface area is 102 Å². The molecule has 0 spiro atoms. The van der Waals surface area contributed by atoms with Crippen LogP contribution in [0.1, 0.15) is 28.4 Å². The molecule has 0 saturated heterocycles. The molecular weight excluding hydrogens is 210 g/mol. The smallest absolute Gasteiger partial charge is 0.104 e. The summed E-state index contributed by atoms with van der Waals surface area (Å²) in [7, 11) is 0. The first-order valence-corrected chi connectivity index (χ1v) is 5.69. The third-order valence-corrected chi connectivity index (χ3v) is 3.19. The summed E-state index contributed by atoms with van der Waals surface area (Å²) in [6.45, 7) is 4.08. The fraction of sp³-hybridized carbons (Fsp3) is 0.200. The molecule has 1 atom stereocenters. The molecule has 0 heterocycles. The summed E-state index contributed by atoms with van der Waals surface area (Å²) in [4.78, 5) is 0. The molecular formula is C15H17NO. The van der Waals surface area contributed by atoms with Gasteiger partial charge in [-0.3, -0.25) is 0 Å². The molecule has 88 valence electrons. The summed E-state index contributed by atoms with van der Waals surface area (Å²) in [6.07, 6.45) is -0.588. The predicted molar refractivity (Wildman–Crippen MR) is 70.8 cm³/mol. The maximum atomic E-state index is 10.3. The Morgan fingerprint density at radius 3 is 2.29 bits per heavy atom. The van der Waals surface area contributed by atoms with Gasteiger partial charge in [-0.15, -0.1) is 0 Å². The number of benzene rings is 2. The van der Waals surface area contributed by atoms with Gasteiger partial charge in [0.25, 0.3) is 0 Å². The fourth-order valence-corrected chi connectivity index (χ4v) is 1.93. The molecule has 0 aliphatic heterocycles. The second kappa shape index (κ2) is 4.60. The van der Waals surface area contributed by atoms with Crippen molar-refractivity contribution in [3.63, 3.8) is 0 Å². The van der Waals surface area contributed by atoms with Crippen LogP contribution in [-0.4, -0.2) is 5.11 Å². The molecule has 0 fully saturated rings. The van der Waals surface area contributed by atoms with Crippen LogP contribution in [0.25, 0.3) is 0 Å². The van der Waals surface area contributed by atoms with E-state index in [4.69, 9.17) is 5.73 Å². The van der Waals surface area contributed by atoms with E-state index in [1.165, 1.54) is 5.56 Å². The highest BCUT2D eigenvalue weighted by atomic mass is 16.3. The monoisotopic (exact) mass is 227 g/mol. The van der Waals surface area contributed by atoms with E-state index in [1.807, 2.05) is 43.3 Å². The number of aryl methyl sites for hydroxylation is 1. The molecule has 17 heavy (non-hydrogen) atoms. The summed E-state index contributed by atoms with van der Waals surface area (Å²) in [5.74, 6) is 0. The number of aliphatic hydroxyl groups excluding tert-OH is 1. The average Bonchev–Trinajstić information content (AvgIpc) is 2.33. The van der Waals surface area contributed by atoms with Gasteiger partial charge >= 0.3 is 0 Å². The van der Waals surface area contributed by atoms with Gasteiger partial charge in [0.15, 0.2) is 0 Å². The van der Waals surface area contributed by atoms with Gasteiger partial charge in [0.2, 0.25) is 0 Å². The SMILES string of the molecule is Cc1cccc(C(O)c2ccc(N)cc2)c1C. The summed E-state index contributed by atoms with van der Waals surface area (Å²) < 4.78 is 0. The highest BCUT2D eigenvalue weighted by molar-refractivity contribution is 5.44. The van der Waals surface area contributed by atoms with Gasteiger partial charge in [-0.25, -0.2) is 0 Å². The lowest BCUT2D eigenvalue weighted by Gasteiger charge is -2.15. The summed E-state index contributed by atoms with van der Waals surface area (Å²) in [5.41, 5.74) is 10.5. The molecule has 2 nitrogen and oxygen atoms in total. The minimum atomic E-state index is -0.588. The molecule has 2 heteroatoms. The maximum absolute atomic E-state index is 10.3. The fourth-order valence-electron chi connectivity index (χ4n) is 1.93. The molecule has 0 saturated carbocycles. The Kier molecular flexibility index (Phi) is 3.16. The standard InChI is InChI=1S/C15H17NO/c1-10-4-3-5-14(11(10)2)15(17)12-6-8-13(16)9-7-12/h3-9,15,17H,16H2,1-2H3. The van der Waals surface area contributed by atoms with Gasteiger partial charge in [0.1, 0.15) is 6.10 Å². The molecule has 2 aromatic carbocycles. The van der Waals surface area contributed by atoms with Gasteiger partial charge in [-0.1, -0.05) is 30.3 Å². The number of nitrogens with two attached hydrogens (primary N) is 1. The van der Waals surface area contributed by atoms with Gasteiger partial charge in [-0.2, -0.15) is 0 Å². The number of aliphatic hydroxyl groups is 1. The summed E-state index contributed by atoms with van der Waals surface area (Å²) in [5, 5.41) is 10.3. The minimum absolute atomic E-state index is 0.588. The molecule has 0 amide bonds. The Morgan fingerprint density at radius 2 is 1.65 bits per heavy atom. The van der Waals surface area contributed by atoms with E-state index in [1.54, 1.807) is 0 Å². The van der Waals surface area contributed by atoms with Crippen LogP contribution in [0.5, 0.6) is 0 Å². The highest BCUT2D eigenvalue weighted by Gasteiger charge is 2.13. The lowest BCUT2D eigenvalue weighted by Crippen LogP contribution is -2.03. The van der Waals surface area contributed by atoms with Gasteiger partial charge in [-0.05, 0) is 48.2 Å². The molecule has 0 aliphatic rings. The molecule has 0 bridgehead atoms. The molecule has 2 aromatic rings. The molecule has 0 aliphatic carbocycles. The summed E-state index contributed by atoms with van der Waals surface area (Å²) in [6, 6.07) is 13.3. The van der Waals surface area contributed by atoms with Crippen molar-refractivity contribution in [1.82, 2.24) is 0 Å². The quantitative estimate of drug-likeness (QED) is 0.775. The van der Waals surface area contributed by atoms with Crippen molar-refractivity contribution in [2.75, 3.05) is 5.73 Å². The van der Waals surface area contributed by atoms with Crippen molar-refractivity contribution < 1.29 is 5.11 Å². The first-order chi connectivity index (χ1) is 8.09. The van der Waals surface area contributed by atoms with Crippen molar-refractivity contribution in [2.45, 2.75) is 20.0 Å². The lowest BCUT2D eigenvalue weighted by atomic mass is 9.95. The van der Waals surface area contributed by atoms with Crippen LogP contribution in [0.2, 0.25) is 0 Å². The van der Waals surface area contributed by atoms with E-state index < -0.39 is 6.10 Å². The molecule has 0 radical (unpaired) electrons. The number of rotatable bonds is 2. The number of hydrogen-bond acceptors (Lipinski definition) is 2. The molecule has 1 unspecified atom stereocenters. The second-order valence-electron chi connectivity index (χ2n) is 4.36. The average molecular weight is 227 g/mol. The topological polar surface area (TPSA) is 46.2 Å². The zero-order valence-corrected chi connectivity index (χ0v) is 10.1. The van der Waals surface area contributed by atoms with E-state index in [0.29, 0.717) is 5.69 Å². The number of hydrogen-bond donors (Lipinski definition) is 2. The van der Waals surface area contributed by atoms with Crippen LogP contribution < -0.4 is 5.73 Å². The minimum Gasteiger partial charge on any atom is -0.399 e. The van der Waals surface area contributed by atoms with E-state index >= 15 is 0 Å². The molecule has 0 aromatic heterocycles. The van der Waals surface area contributed by atoms with Crippen molar-refractivity contribution in [2.24, 2.45) is 0 Å². The zero-order valence-electron chi connectivity index (χ0n) is 10.1. The van der Waals surface area contributed by atoms with Gasteiger partial charge in [0, 0.05) is 5.69 Å². The summed E-state index contributed by atoms with van der Waals surface area (Å²) >= 11 is 0. The van der Waals surface area contributed by atoms with Gasteiger partial charge in [0.05, 0.1) is 0 Å². The van der Waals surface area contributed by atoms with E-state index in [0.717, 1.165) is 16.7 Å². The predicted octanol–water partition coefficient (Wildman–Crippen LogP) is 2.97. The van der Waals surface area contributed by atoms with Crippen LogP contribution in [-0.2, 0) is 0 Å². The normalized spacial score (nSPS) is 12.4. The number of nitrogen functional groups attached to an aromatic ring is 1. The van der Waals surface area contributed by atoms with Crippen LogP contribution in [0, 0.1) is 13.8 Å². The van der Waals surface area contributed by atoms with Crippen LogP contribution in [0.3, 0.4) is 0 Å². The largest absolute Gasteiger partial charge is 0.399 e. The lowest BCUT2D eigenvalue weighted by molar-refractivity contribution is 0.219. The number of anilines is 1. The van der Waals surface area contributed by atoms with E-state index in [-0.39, 0.29) is 0 Å². The zero-order chi connectivity index (χ0) is 12.4. The van der Waals surface area contributed by atoms with Crippen molar-refractivity contribution >= 4 is 5.69 Å². The van der Waals surface area contributed by atoms with E-state index in [9.17, 15) is 5.11 Å². The van der Waals surface area contributed by atoms with Crippen molar-refractivity contribution in [3.05, 3.63) is 64.7 Å². The van der Waals surface area contributed by atoms with Crippen LogP contribution in [0.4, 0.5) is 5.69 Å². The van der Waals surface area contributed by atoms with Crippen molar-refractivity contribution in [3.8, 4) is 0 Å². The van der Waals surface area contributed by atoms with E-state index in [2.05, 4.69) is 13.0 Å². The van der Waals surface area contributed by atoms with Gasteiger partial charge < -0.3 is 10.8 Å². The first kappa shape index (κ1) is 11.7. The third kappa shape index (κ3) is 2.32. The first-order valence-electron chi connectivity index (χ1n) is 5.69. The molecule has 3 N–H and O–H groups in total. The third-order valence-electron chi connectivity index (χ3n) is 3.19. The van der Waals surface area contributed by atoms with Crippen molar-refractivity contribution in [1.29, 1.82) is 0 Å². The Balaban J connectivity index is 2.40. The maximum Gasteiger partial charge on any atom is 0.104 e. The molecule has 2 rings (SSSR count). The second-order valence-corrected chi connectivity index (χ2v) is 4.36. The van der Waals surface area contributed by atoms with Crippen LogP contribution >= 0.6 is 0 Å². The van der Waals surface area contributed by atoms with Crippen LogP contribution in [0.15, 0.2) is 42.5 Å². The Hall–Kier alpha value is -1.80. The highest BCUT2D eigenvalue weighted by Crippen LogP contribution is 2.26. The Morgan fingerprint density at radius 1 is 1.00 bits per heavy atom.